The fourth-order valence-corrected chi connectivity index (χ4v) is 3.53. The summed E-state index contributed by atoms with van der Waals surface area (Å²) in [6, 6.07) is 8.47. The Morgan fingerprint density at radius 1 is 1.36 bits per heavy atom. The van der Waals surface area contributed by atoms with Gasteiger partial charge in [-0.1, -0.05) is 28.1 Å². The number of rotatable bonds is 7. The zero-order chi connectivity index (χ0) is 18.6. The van der Waals surface area contributed by atoms with Crippen molar-refractivity contribution in [3.05, 3.63) is 52.3 Å². The molecule has 9 heteroatoms. The van der Waals surface area contributed by atoms with Gasteiger partial charge in [0.25, 0.3) is 5.91 Å². The number of nitrogens with one attached hydrogen (secondary N) is 2. The summed E-state index contributed by atoms with van der Waals surface area (Å²) in [5.74, 6) is -0.415. The van der Waals surface area contributed by atoms with E-state index in [2.05, 4.69) is 26.2 Å². The molecule has 1 unspecified atom stereocenters. The number of amides is 1. The van der Waals surface area contributed by atoms with Crippen LogP contribution < -0.4 is 5.32 Å². The summed E-state index contributed by atoms with van der Waals surface area (Å²) in [4.78, 5) is 15.2. The summed E-state index contributed by atoms with van der Waals surface area (Å²) in [7, 11) is 0.823. The van der Waals surface area contributed by atoms with Gasteiger partial charge in [-0.2, -0.15) is 0 Å². The van der Waals surface area contributed by atoms with Crippen molar-refractivity contribution in [2.75, 3.05) is 27.8 Å². The number of aromatic nitrogens is 1. The molecule has 0 aliphatic carbocycles. The van der Waals surface area contributed by atoms with Crippen LogP contribution in [0.15, 0.2) is 45.9 Å². The summed E-state index contributed by atoms with van der Waals surface area (Å²) in [6.45, 7) is 0.283. The van der Waals surface area contributed by atoms with Crippen LogP contribution in [-0.4, -0.2) is 51.4 Å². The number of hydrogen-bond acceptors (Lipinski definition) is 4. The Bertz CT molecular complexity index is 849. The first-order chi connectivity index (χ1) is 11.8. The summed E-state index contributed by atoms with van der Waals surface area (Å²) in [5, 5.41) is 2.85. The van der Waals surface area contributed by atoms with E-state index in [9.17, 15) is 13.2 Å². The minimum Gasteiger partial charge on any atom is -0.382 e. The predicted molar refractivity (Wildman–Crippen MR) is 97.9 cm³/mol. The number of sulfonamides is 1. The van der Waals surface area contributed by atoms with E-state index in [0.717, 1.165) is 14.3 Å². The van der Waals surface area contributed by atoms with Gasteiger partial charge in [-0.3, -0.25) is 4.79 Å². The molecule has 0 spiro atoms. The van der Waals surface area contributed by atoms with E-state index in [0.29, 0.717) is 0 Å². The third kappa shape index (κ3) is 4.69. The molecule has 2 aromatic rings. The van der Waals surface area contributed by atoms with E-state index in [1.165, 1.54) is 26.4 Å². The van der Waals surface area contributed by atoms with Crippen LogP contribution in [0.5, 0.6) is 0 Å². The first kappa shape index (κ1) is 19.6. The lowest BCUT2D eigenvalue weighted by molar-refractivity contribution is 0.0892. The highest BCUT2D eigenvalue weighted by molar-refractivity contribution is 9.10. The van der Waals surface area contributed by atoms with Gasteiger partial charge in [0.05, 0.1) is 12.6 Å². The molecule has 1 aromatic carbocycles. The minimum atomic E-state index is -3.59. The Balaban J connectivity index is 2.21. The van der Waals surface area contributed by atoms with Crippen molar-refractivity contribution in [3.63, 3.8) is 0 Å². The molecular formula is C16H20BrN3O4S. The summed E-state index contributed by atoms with van der Waals surface area (Å²) < 4.78 is 31.4. The van der Waals surface area contributed by atoms with Crippen molar-refractivity contribution in [3.8, 4) is 0 Å². The fraction of sp³-hybridized carbons (Fsp3) is 0.312. The van der Waals surface area contributed by atoms with E-state index in [1.54, 1.807) is 7.11 Å². The van der Waals surface area contributed by atoms with Crippen LogP contribution in [0.4, 0.5) is 0 Å². The lowest BCUT2D eigenvalue weighted by Gasteiger charge is -2.18. The van der Waals surface area contributed by atoms with Gasteiger partial charge >= 0.3 is 0 Å². The maximum Gasteiger partial charge on any atom is 0.268 e. The second-order valence-electron chi connectivity index (χ2n) is 5.57. The molecular weight excluding hydrogens is 410 g/mol. The van der Waals surface area contributed by atoms with Gasteiger partial charge in [0.2, 0.25) is 10.0 Å². The number of carbonyl (C=O) groups excluding carboxylic acids is 1. The van der Waals surface area contributed by atoms with E-state index in [1.807, 2.05) is 24.3 Å². The zero-order valence-electron chi connectivity index (χ0n) is 14.1. The molecule has 1 atom stereocenters. The van der Waals surface area contributed by atoms with Crippen molar-refractivity contribution in [1.82, 2.24) is 14.6 Å². The second kappa shape index (κ2) is 8.13. The van der Waals surface area contributed by atoms with Crippen LogP contribution in [0, 0.1) is 0 Å². The minimum absolute atomic E-state index is 0.0356. The lowest BCUT2D eigenvalue weighted by Crippen LogP contribution is -2.31. The molecule has 0 saturated carbocycles. The molecule has 0 radical (unpaired) electrons. The summed E-state index contributed by atoms with van der Waals surface area (Å²) in [5.41, 5.74) is 1.04. The van der Waals surface area contributed by atoms with Crippen molar-refractivity contribution in [2.24, 2.45) is 0 Å². The Kier molecular flexibility index (Phi) is 6.39. The number of ether oxygens (including phenoxy) is 1. The number of nitrogens with zero attached hydrogens (tertiary/aromatic N) is 1. The van der Waals surface area contributed by atoms with Crippen molar-refractivity contribution in [1.29, 1.82) is 0 Å². The molecule has 25 heavy (non-hydrogen) atoms. The molecule has 0 aliphatic rings. The number of H-pyrrole nitrogens is 1. The molecule has 1 heterocycles. The summed E-state index contributed by atoms with van der Waals surface area (Å²) in [6.07, 6.45) is 1.30. The van der Waals surface area contributed by atoms with Crippen LogP contribution >= 0.6 is 15.9 Å². The first-order valence-corrected chi connectivity index (χ1v) is 9.65. The molecule has 2 rings (SSSR count). The number of methoxy groups -OCH3 is 1. The van der Waals surface area contributed by atoms with Crippen LogP contribution in [0.3, 0.4) is 0 Å². The summed E-state index contributed by atoms with van der Waals surface area (Å²) >= 11 is 3.40. The normalized spacial score (nSPS) is 13.0. The molecule has 0 fully saturated rings. The SMILES string of the molecule is COCC(NC(=O)c1cc(S(=O)(=O)N(C)C)c[nH]1)c1cccc(Br)c1. The molecule has 2 N–H and O–H groups in total. The topological polar surface area (TPSA) is 91.5 Å². The van der Waals surface area contributed by atoms with Crippen LogP contribution in [0.25, 0.3) is 0 Å². The van der Waals surface area contributed by atoms with E-state index in [4.69, 9.17) is 4.74 Å². The van der Waals surface area contributed by atoms with Gasteiger partial charge in [-0.05, 0) is 23.8 Å². The number of halogens is 1. The predicted octanol–water partition coefficient (Wildman–Crippen LogP) is 2.15. The molecule has 0 aliphatic heterocycles. The molecule has 1 aromatic heterocycles. The third-order valence-electron chi connectivity index (χ3n) is 3.57. The maximum absolute atomic E-state index is 12.5. The number of carbonyl (C=O) groups is 1. The number of aromatic amines is 1. The van der Waals surface area contributed by atoms with Gasteiger partial charge < -0.3 is 15.0 Å². The van der Waals surface area contributed by atoms with Gasteiger partial charge in [-0.25, -0.2) is 12.7 Å². The molecule has 1 amide bonds. The van der Waals surface area contributed by atoms with Crippen molar-refractivity contribution in [2.45, 2.75) is 10.9 Å². The third-order valence-corrected chi connectivity index (χ3v) is 5.86. The molecule has 0 bridgehead atoms. The van der Waals surface area contributed by atoms with Gasteiger partial charge in [0, 0.05) is 31.9 Å². The Labute approximate surface area is 155 Å². The van der Waals surface area contributed by atoms with Gasteiger partial charge in [-0.15, -0.1) is 0 Å². The molecule has 0 saturated heterocycles. The van der Waals surface area contributed by atoms with Gasteiger partial charge in [0.1, 0.15) is 10.6 Å². The standard InChI is InChI=1S/C16H20BrN3O4S/c1-20(2)25(22,23)13-8-14(18-9-13)16(21)19-15(10-24-3)11-5-4-6-12(17)7-11/h4-9,15,18H,10H2,1-3H3,(H,19,21). The van der Waals surface area contributed by atoms with Gasteiger partial charge in [0.15, 0.2) is 0 Å². The van der Waals surface area contributed by atoms with E-state index < -0.39 is 15.9 Å². The van der Waals surface area contributed by atoms with Crippen LogP contribution in [-0.2, 0) is 14.8 Å². The Morgan fingerprint density at radius 3 is 2.68 bits per heavy atom. The number of hydrogen-bond donors (Lipinski definition) is 2. The first-order valence-electron chi connectivity index (χ1n) is 7.42. The highest BCUT2D eigenvalue weighted by Gasteiger charge is 2.22. The number of benzene rings is 1. The van der Waals surface area contributed by atoms with E-state index in [-0.39, 0.29) is 23.2 Å². The smallest absolute Gasteiger partial charge is 0.268 e. The largest absolute Gasteiger partial charge is 0.382 e. The average Bonchev–Trinajstić information content (AvgIpc) is 3.05. The zero-order valence-corrected chi connectivity index (χ0v) is 16.5. The highest BCUT2D eigenvalue weighted by atomic mass is 79.9. The highest BCUT2D eigenvalue weighted by Crippen LogP contribution is 2.20. The average molecular weight is 430 g/mol. The fourth-order valence-electron chi connectivity index (χ4n) is 2.21. The maximum atomic E-state index is 12.5. The molecule has 136 valence electrons. The Morgan fingerprint density at radius 2 is 2.08 bits per heavy atom. The lowest BCUT2D eigenvalue weighted by atomic mass is 10.1. The monoisotopic (exact) mass is 429 g/mol. The van der Waals surface area contributed by atoms with Crippen LogP contribution in [0.2, 0.25) is 0 Å². The van der Waals surface area contributed by atoms with E-state index >= 15 is 0 Å². The second-order valence-corrected chi connectivity index (χ2v) is 8.64. The quantitative estimate of drug-likeness (QED) is 0.704. The van der Waals surface area contributed by atoms with Crippen molar-refractivity contribution < 1.29 is 17.9 Å². The van der Waals surface area contributed by atoms with Crippen LogP contribution in [0.1, 0.15) is 22.1 Å². The Hall–Kier alpha value is -1.68. The van der Waals surface area contributed by atoms with Crippen molar-refractivity contribution >= 4 is 31.9 Å². The molecule has 7 nitrogen and oxygen atoms in total.